The fourth-order valence-electron chi connectivity index (χ4n) is 0.732. The van der Waals surface area contributed by atoms with Gasteiger partial charge in [0, 0.05) is 51.1 Å². The van der Waals surface area contributed by atoms with Gasteiger partial charge in [-0.2, -0.15) is 5.41 Å². The van der Waals surface area contributed by atoms with E-state index in [1.807, 2.05) is 0 Å². The first-order valence-corrected chi connectivity index (χ1v) is 6.37. The molecule has 0 unspecified atom stereocenters. The Morgan fingerprint density at radius 1 is 1.16 bits per heavy atom. The summed E-state index contributed by atoms with van der Waals surface area (Å²) < 4.78 is 0. The number of hydrogen-bond donors (Lipinski definition) is 1. The molecule has 1 amide bonds. The molecule has 109 valence electrons. The molecule has 0 bridgehead atoms. The molecule has 0 aliphatic rings. The summed E-state index contributed by atoms with van der Waals surface area (Å²) in [5.41, 5.74) is 0.329. The Balaban J connectivity index is -0.000000366. The summed E-state index contributed by atoms with van der Waals surface area (Å²) in [4.78, 5) is 10.4. The van der Waals surface area contributed by atoms with Gasteiger partial charge in [-0.05, 0) is 27.2 Å². The van der Waals surface area contributed by atoms with Gasteiger partial charge in [-0.1, -0.05) is 26.7 Å². The quantitative estimate of drug-likeness (QED) is 0.474. The number of amides is 1. The van der Waals surface area contributed by atoms with Gasteiger partial charge in [0.2, 0.25) is 0 Å². The zero-order chi connectivity index (χ0) is 14.8. The maximum atomic E-state index is 10.4. The molecule has 0 saturated heterocycles. The number of unbranched alkanes of at least 4 members (excludes halogenated alkanes) is 1. The Morgan fingerprint density at radius 2 is 1.58 bits per heavy atom. The first kappa shape index (κ1) is 24.1. The maximum Gasteiger partial charge on any atom is 0.0797 e. The van der Waals surface area contributed by atoms with Gasteiger partial charge in [-0.15, -0.1) is 5.92 Å². The first-order valence-electron chi connectivity index (χ1n) is 6.37. The topological polar surface area (TPSA) is 29.1 Å². The third-order valence-corrected chi connectivity index (χ3v) is 1.26. The van der Waals surface area contributed by atoms with Gasteiger partial charge in [0.1, 0.15) is 0 Å². The van der Waals surface area contributed by atoms with Crippen LogP contribution in [-0.4, -0.2) is 12.5 Å². The van der Waals surface area contributed by atoms with Gasteiger partial charge >= 0.3 is 0 Å². The van der Waals surface area contributed by atoms with Gasteiger partial charge in [0.05, 0.1) is 5.91 Å². The minimum absolute atomic E-state index is 0. The van der Waals surface area contributed by atoms with E-state index in [1.165, 1.54) is 0 Å². The second-order valence-electron chi connectivity index (χ2n) is 6.57. The molecular formula is C16H29NOY-2. The second kappa shape index (κ2) is 11.8. The number of carbonyl (C=O) groups is 1. The molecule has 0 saturated carbocycles. The van der Waals surface area contributed by atoms with E-state index in [-0.39, 0.29) is 49.4 Å². The van der Waals surface area contributed by atoms with Crippen molar-refractivity contribution in [2.24, 2.45) is 10.8 Å². The van der Waals surface area contributed by atoms with Gasteiger partial charge in [0.15, 0.2) is 0 Å². The fourth-order valence-corrected chi connectivity index (χ4v) is 0.732. The summed E-state index contributed by atoms with van der Waals surface area (Å²) in [6, 6.07) is 0. The average Bonchev–Trinajstić information content (AvgIpc) is 2.05. The predicted octanol–water partition coefficient (Wildman–Crippen LogP) is 3.63. The Bertz CT molecular complexity index is 281. The van der Waals surface area contributed by atoms with Crippen LogP contribution in [0.2, 0.25) is 0 Å². The number of rotatable bonds is 3. The number of hydrogen-bond acceptors (Lipinski definition) is 1. The predicted molar refractivity (Wildman–Crippen MR) is 79.6 cm³/mol. The molecule has 3 heteroatoms. The van der Waals surface area contributed by atoms with Crippen LogP contribution in [0.15, 0.2) is 0 Å². The van der Waals surface area contributed by atoms with Crippen molar-refractivity contribution in [2.45, 2.75) is 54.4 Å². The van der Waals surface area contributed by atoms with Crippen molar-refractivity contribution >= 4 is 5.91 Å². The van der Waals surface area contributed by atoms with Gasteiger partial charge < -0.3 is 24.0 Å². The normalized spacial score (nSPS) is 10.1. The Labute approximate surface area is 145 Å². The van der Waals surface area contributed by atoms with E-state index in [0.717, 1.165) is 12.8 Å². The summed E-state index contributed by atoms with van der Waals surface area (Å²) in [7, 11) is 0. The largest absolute Gasteiger partial charge is 0.381 e. The summed E-state index contributed by atoms with van der Waals surface area (Å²) in [5, 5.41) is 2.63. The molecule has 0 aromatic carbocycles. The second-order valence-corrected chi connectivity index (χ2v) is 6.57. The summed E-state index contributed by atoms with van der Waals surface area (Å²) >= 11 is 0. The van der Waals surface area contributed by atoms with Crippen LogP contribution < -0.4 is 5.32 Å². The van der Waals surface area contributed by atoms with E-state index in [0.29, 0.717) is 6.54 Å². The summed E-state index contributed by atoms with van der Waals surface area (Å²) in [6.07, 6.45) is 1.72. The SMILES string of the molecule is [CH2-]C(=O)NCCCC#CC(C)(C)C.[CH2-]C(C)(C)C.[Y]. The molecule has 1 radical (unpaired) electrons. The van der Waals surface area contributed by atoms with E-state index < -0.39 is 0 Å². The van der Waals surface area contributed by atoms with Crippen molar-refractivity contribution in [1.82, 2.24) is 5.32 Å². The van der Waals surface area contributed by atoms with Crippen molar-refractivity contribution in [3.8, 4) is 11.8 Å². The van der Waals surface area contributed by atoms with Crippen LogP contribution in [0.4, 0.5) is 0 Å². The molecule has 0 aliphatic heterocycles. The van der Waals surface area contributed by atoms with Crippen LogP contribution in [0.3, 0.4) is 0 Å². The van der Waals surface area contributed by atoms with E-state index in [9.17, 15) is 4.79 Å². The standard InChI is InChI=1S/C11H18NO.C5H11.Y/c1-10(13)12-9-7-5-6-8-11(2,3)4;1-5(2,3)4;/h1,5,7,9H2,2-4H3,(H,12,13);1H2,2-4H3;/q2*-1;. The molecule has 19 heavy (non-hydrogen) atoms. The molecule has 0 heterocycles. The molecule has 0 atom stereocenters. The average molecular weight is 340 g/mol. The summed E-state index contributed by atoms with van der Waals surface area (Å²) in [6.45, 7) is 20.1. The van der Waals surface area contributed by atoms with Crippen molar-refractivity contribution in [3.63, 3.8) is 0 Å². The van der Waals surface area contributed by atoms with Crippen molar-refractivity contribution in [1.29, 1.82) is 0 Å². The zero-order valence-electron chi connectivity index (χ0n) is 13.5. The van der Waals surface area contributed by atoms with Crippen LogP contribution in [-0.2, 0) is 37.5 Å². The van der Waals surface area contributed by atoms with Crippen LogP contribution in [0.5, 0.6) is 0 Å². The van der Waals surface area contributed by atoms with Crippen LogP contribution in [0.25, 0.3) is 0 Å². The molecule has 0 spiro atoms. The van der Waals surface area contributed by atoms with E-state index in [2.05, 4.69) is 72.5 Å². The van der Waals surface area contributed by atoms with Crippen molar-refractivity contribution in [3.05, 3.63) is 13.8 Å². The van der Waals surface area contributed by atoms with E-state index in [4.69, 9.17) is 0 Å². The molecule has 0 aromatic rings. The van der Waals surface area contributed by atoms with E-state index >= 15 is 0 Å². The van der Waals surface area contributed by atoms with Crippen LogP contribution >= 0.6 is 0 Å². The maximum absolute atomic E-state index is 10.4. The molecule has 1 N–H and O–H groups in total. The smallest absolute Gasteiger partial charge is 0.0797 e. The molecular weight excluding hydrogens is 311 g/mol. The van der Waals surface area contributed by atoms with Crippen molar-refractivity contribution in [2.75, 3.05) is 6.54 Å². The van der Waals surface area contributed by atoms with Crippen LogP contribution in [0, 0.1) is 36.5 Å². The Hall–Kier alpha value is 0.00390. The molecule has 0 rings (SSSR count). The zero-order valence-corrected chi connectivity index (χ0v) is 16.4. The minimum atomic E-state index is -0.219. The van der Waals surface area contributed by atoms with Gasteiger partial charge in [0.25, 0.3) is 0 Å². The Kier molecular flexibility index (Phi) is 14.9. The van der Waals surface area contributed by atoms with E-state index in [1.54, 1.807) is 0 Å². The number of nitrogens with one attached hydrogen (secondary N) is 1. The monoisotopic (exact) mass is 340 g/mol. The van der Waals surface area contributed by atoms with Gasteiger partial charge in [-0.25, -0.2) is 0 Å². The van der Waals surface area contributed by atoms with Crippen LogP contribution in [0.1, 0.15) is 54.4 Å². The fraction of sp³-hybridized carbons (Fsp3) is 0.688. The number of carbonyl (C=O) groups excluding carboxylic acids is 1. The first-order chi connectivity index (χ1) is 7.92. The summed E-state index contributed by atoms with van der Waals surface area (Å²) in [5.74, 6) is 5.99. The third kappa shape index (κ3) is 46.1. The molecule has 0 aliphatic carbocycles. The Morgan fingerprint density at radius 3 is 1.89 bits per heavy atom. The van der Waals surface area contributed by atoms with Crippen molar-refractivity contribution < 1.29 is 37.5 Å². The molecule has 0 aromatic heterocycles. The third-order valence-electron chi connectivity index (χ3n) is 1.26. The van der Waals surface area contributed by atoms with Gasteiger partial charge in [-0.3, -0.25) is 0 Å². The molecule has 0 fully saturated rings. The minimum Gasteiger partial charge on any atom is -0.381 e. The molecule has 2 nitrogen and oxygen atoms in total.